The average Bonchev–Trinajstić information content (AvgIpc) is 3.14. The minimum absolute atomic E-state index is 0.147. The molecule has 5 heteroatoms. The first-order valence-corrected chi connectivity index (χ1v) is 5.61. The van der Waals surface area contributed by atoms with Gasteiger partial charge in [0.15, 0.2) is 5.84 Å². The van der Waals surface area contributed by atoms with Gasteiger partial charge in [0.05, 0.1) is 12.2 Å². The molecule has 17 heavy (non-hydrogen) atoms. The monoisotopic (exact) mass is 238 g/mol. The summed E-state index contributed by atoms with van der Waals surface area (Å²) in [7, 11) is 0. The Hall–Kier alpha value is -1.78. The molecule has 0 unspecified atom stereocenters. The van der Waals surface area contributed by atoms with Crippen LogP contribution in [0.2, 0.25) is 0 Å². The van der Waals surface area contributed by atoms with E-state index in [1.165, 1.54) is 31.0 Å². The lowest BCUT2D eigenvalue weighted by Gasteiger charge is -2.10. The summed E-state index contributed by atoms with van der Waals surface area (Å²) in [5, 5.41) is 11.5. The Morgan fingerprint density at radius 1 is 1.53 bits per heavy atom. The summed E-state index contributed by atoms with van der Waals surface area (Å²) in [5.74, 6) is 0.622. The molecule has 0 saturated heterocycles. The molecule has 0 bridgehead atoms. The van der Waals surface area contributed by atoms with Gasteiger partial charge in [0.25, 0.3) is 0 Å². The molecule has 0 atom stereocenters. The van der Waals surface area contributed by atoms with E-state index in [0.717, 1.165) is 12.3 Å². The Bertz CT molecular complexity index is 431. The first kappa shape index (κ1) is 11.7. The smallest absolute Gasteiger partial charge is 0.173 e. The van der Waals surface area contributed by atoms with Crippen LogP contribution in [0, 0.1) is 11.7 Å². The molecule has 4 nitrogen and oxygen atoms in total. The Kier molecular flexibility index (Phi) is 3.46. The Labute approximate surface area is 98.9 Å². The Morgan fingerprint density at radius 3 is 2.94 bits per heavy atom. The topological polar surface area (TPSA) is 67.8 Å². The van der Waals surface area contributed by atoms with Crippen LogP contribution >= 0.6 is 0 Å². The normalized spacial score (nSPS) is 15.9. The summed E-state index contributed by atoms with van der Waals surface area (Å²) >= 11 is 0. The van der Waals surface area contributed by atoms with E-state index in [0.29, 0.717) is 12.4 Å². The van der Waals surface area contributed by atoms with Crippen LogP contribution in [0.25, 0.3) is 0 Å². The molecule has 92 valence electrons. The molecule has 3 N–H and O–H groups in total. The van der Waals surface area contributed by atoms with Gasteiger partial charge in [0.1, 0.15) is 11.6 Å². The molecule has 1 aromatic rings. The maximum Gasteiger partial charge on any atom is 0.173 e. The summed E-state index contributed by atoms with van der Waals surface area (Å²) in [6, 6.07) is 3.98. The van der Waals surface area contributed by atoms with Crippen molar-refractivity contribution in [1.82, 2.24) is 0 Å². The maximum absolute atomic E-state index is 13.1. The summed E-state index contributed by atoms with van der Waals surface area (Å²) in [5.41, 5.74) is 5.74. The second-order valence-electron chi connectivity index (χ2n) is 4.21. The van der Waals surface area contributed by atoms with Crippen LogP contribution in [0.5, 0.6) is 5.75 Å². The van der Waals surface area contributed by atoms with Crippen molar-refractivity contribution < 1.29 is 14.3 Å². The Balaban J connectivity index is 2.07. The molecule has 0 spiro atoms. The lowest BCUT2D eigenvalue weighted by molar-refractivity contribution is 0.299. The first-order valence-electron chi connectivity index (χ1n) is 5.61. The summed E-state index contributed by atoms with van der Waals surface area (Å²) in [6.07, 6.45) is 3.52. The fourth-order valence-electron chi connectivity index (χ4n) is 1.62. The van der Waals surface area contributed by atoms with E-state index < -0.39 is 5.82 Å². The van der Waals surface area contributed by atoms with Gasteiger partial charge < -0.3 is 15.7 Å². The SMILES string of the molecule is N/C(=N/O)c1cc(F)ccc1OCCC1CC1. The zero-order valence-corrected chi connectivity index (χ0v) is 9.40. The van der Waals surface area contributed by atoms with Crippen LogP contribution in [-0.4, -0.2) is 17.6 Å². The van der Waals surface area contributed by atoms with Gasteiger partial charge in [-0.3, -0.25) is 0 Å². The molecule has 1 aliphatic rings. The third-order valence-electron chi connectivity index (χ3n) is 2.81. The third kappa shape index (κ3) is 3.09. The summed E-state index contributed by atoms with van der Waals surface area (Å²) in [4.78, 5) is 0. The fraction of sp³-hybridized carbons (Fsp3) is 0.417. The third-order valence-corrected chi connectivity index (χ3v) is 2.81. The van der Waals surface area contributed by atoms with E-state index in [1.807, 2.05) is 0 Å². The number of hydrogen-bond donors (Lipinski definition) is 2. The van der Waals surface area contributed by atoms with Crippen molar-refractivity contribution in [1.29, 1.82) is 0 Å². The van der Waals surface area contributed by atoms with E-state index in [9.17, 15) is 4.39 Å². The largest absolute Gasteiger partial charge is 0.493 e. The van der Waals surface area contributed by atoms with Crippen molar-refractivity contribution in [3.05, 3.63) is 29.6 Å². The minimum Gasteiger partial charge on any atom is -0.493 e. The van der Waals surface area contributed by atoms with Gasteiger partial charge in [0, 0.05) is 0 Å². The minimum atomic E-state index is -0.443. The zero-order valence-electron chi connectivity index (χ0n) is 9.40. The summed E-state index contributed by atoms with van der Waals surface area (Å²) < 4.78 is 18.6. The fourth-order valence-corrected chi connectivity index (χ4v) is 1.62. The molecule has 1 aliphatic carbocycles. The number of hydrogen-bond acceptors (Lipinski definition) is 3. The van der Waals surface area contributed by atoms with Crippen LogP contribution in [0.3, 0.4) is 0 Å². The molecule has 0 radical (unpaired) electrons. The second-order valence-corrected chi connectivity index (χ2v) is 4.21. The predicted octanol–water partition coefficient (Wildman–Crippen LogP) is 2.10. The first-order chi connectivity index (χ1) is 8.20. The van der Waals surface area contributed by atoms with Gasteiger partial charge in [-0.25, -0.2) is 4.39 Å². The molecule has 1 saturated carbocycles. The van der Waals surface area contributed by atoms with Crippen molar-refractivity contribution in [2.75, 3.05) is 6.61 Å². The maximum atomic E-state index is 13.1. The molecule has 0 heterocycles. The number of nitrogens with two attached hydrogens (primary N) is 1. The van der Waals surface area contributed by atoms with Crippen LogP contribution in [-0.2, 0) is 0 Å². The van der Waals surface area contributed by atoms with Crippen molar-refractivity contribution in [3.63, 3.8) is 0 Å². The molecular weight excluding hydrogens is 223 g/mol. The standard InChI is InChI=1S/C12H15FN2O2/c13-9-3-4-11(10(7-9)12(14)15-16)17-6-5-8-1-2-8/h3-4,7-8,16H,1-2,5-6H2,(H2,14,15). The van der Waals surface area contributed by atoms with Crippen molar-refractivity contribution >= 4 is 5.84 Å². The van der Waals surface area contributed by atoms with E-state index >= 15 is 0 Å². The van der Waals surface area contributed by atoms with Crippen LogP contribution in [0.15, 0.2) is 23.4 Å². The van der Waals surface area contributed by atoms with Crippen molar-refractivity contribution in [2.45, 2.75) is 19.3 Å². The van der Waals surface area contributed by atoms with Crippen molar-refractivity contribution in [2.24, 2.45) is 16.8 Å². The highest BCUT2D eigenvalue weighted by Gasteiger charge is 2.21. The van der Waals surface area contributed by atoms with Gasteiger partial charge in [0.2, 0.25) is 0 Å². The van der Waals surface area contributed by atoms with Gasteiger partial charge >= 0.3 is 0 Å². The molecule has 0 aliphatic heterocycles. The summed E-state index contributed by atoms with van der Waals surface area (Å²) in [6.45, 7) is 0.571. The van der Waals surface area contributed by atoms with Gasteiger partial charge in [-0.2, -0.15) is 0 Å². The highest BCUT2D eigenvalue weighted by Crippen LogP contribution is 2.32. The number of ether oxygens (including phenoxy) is 1. The molecule has 0 amide bonds. The molecule has 1 fully saturated rings. The Morgan fingerprint density at radius 2 is 2.29 bits per heavy atom. The number of nitrogens with zero attached hydrogens (tertiary/aromatic N) is 1. The molecular formula is C12H15FN2O2. The van der Waals surface area contributed by atoms with E-state index in [-0.39, 0.29) is 11.4 Å². The molecule has 2 rings (SSSR count). The van der Waals surface area contributed by atoms with E-state index in [1.54, 1.807) is 0 Å². The highest BCUT2D eigenvalue weighted by molar-refractivity contribution is 5.99. The van der Waals surface area contributed by atoms with Crippen LogP contribution in [0.4, 0.5) is 4.39 Å². The lowest BCUT2D eigenvalue weighted by Crippen LogP contribution is -2.15. The molecule has 0 aromatic heterocycles. The second kappa shape index (κ2) is 5.03. The van der Waals surface area contributed by atoms with Crippen molar-refractivity contribution in [3.8, 4) is 5.75 Å². The van der Waals surface area contributed by atoms with Gasteiger partial charge in [-0.1, -0.05) is 18.0 Å². The predicted molar refractivity (Wildman–Crippen MR) is 61.7 cm³/mol. The highest BCUT2D eigenvalue weighted by atomic mass is 19.1. The van der Waals surface area contributed by atoms with Crippen LogP contribution in [0.1, 0.15) is 24.8 Å². The quantitative estimate of drug-likeness (QED) is 0.357. The lowest BCUT2D eigenvalue weighted by atomic mass is 10.2. The molecule has 1 aromatic carbocycles. The number of amidine groups is 1. The van der Waals surface area contributed by atoms with E-state index in [4.69, 9.17) is 15.7 Å². The number of rotatable bonds is 5. The van der Waals surface area contributed by atoms with Gasteiger partial charge in [-0.15, -0.1) is 0 Å². The zero-order chi connectivity index (χ0) is 12.3. The average molecular weight is 238 g/mol. The van der Waals surface area contributed by atoms with Gasteiger partial charge in [-0.05, 0) is 30.5 Å². The number of benzene rings is 1. The number of halogens is 1. The van der Waals surface area contributed by atoms with Crippen LogP contribution < -0.4 is 10.5 Å². The van der Waals surface area contributed by atoms with E-state index in [2.05, 4.69) is 5.16 Å². The number of oxime groups is 1.